The van der Waals surface area contributed by atoms with Gasteiger partial charge in [-0.3, -0.25) is 14.3 Å². The van der Waals surface area contributed by atoms with Gasteiger partial charge in [0.25, 0.3) is 0 Å². The minimum atomic E-state index is -0.133. The van der Waals surface area contributed by atoms with Crippen molar-refractivity contribution in [1.82, 2.24) is 15.1 Å². The number of carbonyl (C=O) groups excluding carboxylic acids is 2. The summed E-state index contributed by atoms with van der Waals surface area (Å²) >= 11 is 0. The molecular formula is C14H20N4O3. The first kappa shape index (κ1) is 14.1. The van der Waals surface area contributed by atoms with Crippen molar-refractivity contribution in [2.75, 3.05) is 18.1 Å². The highest BCUT2D eigenvalue weighted by molar-refractivity contribution is 5.96. The molecule has 0 saturated carbocycles. The molecule has 2 saturated heterocycles. The van der Waals surface area contributed by atoms with E-state index in [9.17, 15) is 9.59 Å². The van der Waals surface area contributed by atoms with Gasteiger partial charge in [-0.25, -0.2) is 0 Å². The van der Waals surface area contributed by atoms with Gasteiger partial charge in [-0.2, -0.15) is 5.10 Å². The number of aryl methyl sites for hydroxylation is 1. The van der Waals surface area contributed by atoms with Crippen molar-refractivity contribution >= 4 is 17.5 Å². The Balaban J connectivity index is 1.53. The van der Waals surface area contributed by atoms with Crippen LogP contribution in [-0.4, -0.2) is 46.9 Å². The summed E-state index contributed by atoms with van der Waals surface area (Å²) < 4.78 is 7.11. The van der Waals surface area contributed by atoms with Gasteiger partial charge in [0.1, 0.15) is 0 Å². The largest absolute Gasteiger partial charge is 0.378 e. The minimum absolute atomic E-state index is 0.0189. The number of carbonyl (C=O) groups is 2. The number of amides is 2. The van der Waals surface area contributed by atoms with E-state index < -0.39 is 0 Å². The summed E-state index contributed by atoms with van der Waals surface area (Å²) in [4.78, 5) is 25.7. The highest BCUT2D eigenvalue weighted by atomic mass is 16.5. The molecule has 2 aliphatic rings. The highest BCUT2D eigenvalue weighted by Crippen LogP contribution is 2.21. The van der Waals surface area contributed by atoms with E-state index in [1.165, 1.54) is 0 Å². The lowest BCUT2D eigenvalue weighted by Gasteiger charge is -2.16. The van der Waals surface area contributed by atoms with Gasteiger partial charge in [-0.1, -0.05) is 0 Å². The zero-order valence-electron chi connectivity index (χ0n) is 12.1. The van der Waals surface area contributed by atoms with E-state index in [1.54, 1.807) is 22.0 Å². The highest BCUT2D eigenvalue weighted by Gasteiger charge is 2.32. The first-order valence-electron chi connectivity index (χ1n) is 7.32. The van der Waals surface area contributed by atoms with E-state index in [2.05, 4.69) is 10.4 Å². The molecule has 7 nitrogen and oxygen atoms in total. The second kappa shape index (κ2) is 5.85. The van der Waals surface area contributed by atoms with Gasteiger partial charge in [0.05, 0.1) is 30.5 Å². The molecule has 1 aromatic heterocycles. The SMILES string of the molecule is Cn1cc(N2CC(NC(=O)CC3CCCO3)CC2=O)cn1. The summed E-state index contributed by atoms with van der Waals surface area (Å²) in [6.45, 7) is 1.25. The van der Waals surface area contributed by atoms with E-state index >= 15 is 0 Å². The molecule has 21 heavy (non-hydrogen) atoms. The van der Waals surface area contributed by atoms with Crippen LogP contribution in [0.2, 0.25) is 0 Å². The molecule has 2 aliphatic heterocycles. The Labute approximate surface area is 123 Å². The third kappa shape index (κ3) is 3.24. The molecule has 0 radical (unpaired) electrons. The topological polar surface area (TPSA) is 76.5 Å². The van der Waals surface area contributed by atoms with Crippen LogP contribution in [0.3, 0.4) is 0 Å². The van der Waals surface area contributed by atoms with Gasteiger partial charge < -0.3 is 15.0 Å². The molecule has 114 valence electrons. The van der Waals surface area contributed by atoms with Crippen molar-refractivity contribution in [3.05, 3.63) is 12.4 Å². The second-order valence-electron chi connectivity index (χ2n) is 5.68. The number of hydrogen-bond donors (Lipinski definition) is 1. The predicted molar refractivity (Wildman–Crippen MR) is 75.7 cm³/mol. The molecule has 3 heterocycles. The summed E-state index contributed by atoms with van der Waals surface area (Å²) in [6.07, 6.45) is 6.19. The Morgan fingerprint density at radius 2 is 2.43 bits per heavy atom. The van der Waals surface area contributed by atoms with Crippen LogP contribution in [0.15, 0.2) is 12.4 Å². The molecule has 0 spiro atoms. The van der Waals surface area contributed by atoms with Crippen molar-refractivity contribution < 1.29 is 14.3 Å². The lowest BCUT2D eigenvalue weighted by Crippen LogP contribution is -2.38. The number of anilines is 1. The lowest BCUT2D eigenvalue weighted by molar-refractivity contribution is -0.123. The summed E-state index contributed by atoms with van der Waals surface area (Å²) in [6, 6.07) is -0.133. The Kier molecular flexibility index (Phi) is 3.92. The molecule has 2 unspecified atom stereocenters. The van der Waals surface area contributed by atoms with E-state index in [0.29, 0.717) is 19.4 Å². The normalized spacial score (nSPS) is 25.6. The van der Waals surface area contributed by atoms with Crippen LogP contribution in [-0.2, 0) is 21.4 Å². The molecule has 3 rings (SSSR count). The Bertz CT molecular complexity index is 536. The van der Waals surface area contributed by atoms with Crippen molar-refractivity contribution in [3.8, 4) is 0 Å². The standard InChI is InChI=1S/C14H20N4O3/c1-17-9-11(7-15-17)18-8-10(5-14(18)20)16-13(19)6-12-3-2-4-21-12/h7,9-10,12H,2-6,8H2,1H3,(H,16,19). The first-order valence-corrected chi connectivity index (χ1v) is 7.32. The van der Waals surface area contributed by atoms with Gasteiger partial charge in [0, 0.05) is 32.8 Å². The maximum atomic E-state index is 12.0. The third-order valence-corrected chi connectivity index (χ3v) is 3.93. The summed E-state index contributed by atoms with van der Waals surface area (Å²) in [5.74, 6) is -0.0156. The summed E-state index contributed by atoms with van der Waals surface area (Å²) in [7, 11) is 1.81. The number of rotatable bonds is 4. The molecule has 1 aromatic rings. The van der Waals surface area contributed by atoms with Crippen LogP contribution in [0, 0.1) is 0 Å². The van der Waals surface area contributed by atoms with Crippen LogP contribution in [0.25, 0.3) is 0 Å². The molecule has 1 N–H and O–H groups in total. The lowest BCUT2D eigenvalue weighted by atomic mass is 10.1. The fraction of sp³-hybridized carbons (Fsp3) is 0.643. The van der Waals surface area contributed by atoms with Crippen molar-refractivity contribution in [1.29, 1.82) is 0 Å². The van der Waals surface area contributed by atoms with Crippen LogP contribution in [0.1, 0.15) is 25.7 Å². The molecule has 7 heteroatoms. The zero-order chi connectivity index (χ0) is 14.8. The van der Waals surface area contributed by atoms with Crippen molar-refractivity contribution in [2.45, 2.75) is 37.8 Å². The molecular weight excluding hydrogens is 272 g/mol. The Hall–Kier alpha value is -1.89. The average molecular weight is 292 g/mol. The minimum Gasteiger partial charge on any atom is -0.378 e. The zero-order valence-corrected chi connectivity index (χ0v) is 12.1. The van der Waals surface area contributed by atoms with Gasteiger partial charge in [0.2, 0.25) is 11.8 Å². The fourth-order valence-corrected chi connectivity index (χ4v) is 2.90. The number of nitrogens with zero attached hydrogens (tertiary/aromatic N) is 3. The Morgan fingerprint density at radius 3 is 3.10 bits per heavy atom. The molecule has 0 bridgehead atoms. The van der Waals surface area contributed by atoms with Crippen molar-refractivity contribution in [2.24, 2.45) is 7.05 Å². The monoisotopic (exact) mass is 292 g/mol. The van der Waals surface area contributed by atoms with Crippen LogP contribution >= 0.6 is 0 Å². The van der Waals surface area contributed by atoms with Crippen LogP contribution < -0.4 is 10.2 Å². The molecule has 2 amide bonds. The van der Waals surface area contributed by atoms with Gasteiger partial charge in [-0.05, 0) is 12.8 Å². The second-order valence-corrected chi connectivity index (χ2v) is 5.68. The first-order chi connectivity index (χ1) is 10.1. The predicted octanol–water partition coefficient (Wildman–Crippen LogP) is 0.211. The van der Waals surface area contributed by atoms with E-state index in [0.717, 1.165) is 25.1 Å². The Morgan fingerprint density at radius 1 is 1.57 bits per heavy atom. The maximum Gasteiger partial charge on any atom is 0.229 e. The number of hydrogen-bond acceptors (Lipinski definition) is 4. The smallest absolute Gasteiger partial charge is 0.229 e. The average Bonchev–Trinajstić information content (AvgIpc) is 3.12. The number of aromatic nitrogens is 2. The maximum absolute atomic E-state index is 12.0. The number of ether oxygens (including phenoxy) is 1. The van der Waals surface area contributed by atoms with Gasteiger partial charge in [0.15, 0.2) is 0 Å². The summed E-state index contributed by atoms with van der Waals surface area (Å²) in [5, 5.41) is 7.00. The van der Waals surface area contributed by atoms with Crippen LogP contribution in [0.4, 0.5) is 5.69 Å². The molecule has 0 aromatic carbocycles. The molecule has 2 atom stereocenters. The molecule has 0 aliphatic carbocycles. The number of nitrogens with one attached hydrogen (secondary N) is 1. The quantitative estimate of drug-likeness (QED) is 0.861. The third-order valence-electron chi connectivity index (χ3n) is 3.93. The van der Waals surface area contributed by atoms with Crippen LogP contribution in [0.5, 0.6) is 0 Å². The van der Waals surface area contributed by atoms with Gasteiger partial charge in [-0.15, -0.1) is 0 Å². The molecule has 2 fully saturated rings. The van der Waals surface area contributed by atoms with E-state index in [1.807, 2.05) is 7.05 Å². The van der Waals surface area contributed by atoms with E-state index in [4.69, 9.17) is 4.74 Å². The summed E-state index contributed by atoms with van der Waals surface area (Å²) in [5.41, 5.74) is 0.776. The fourth-order valence-electron chi connectivity index (χ4n) is 2.90. The van der Waals surface area contributed by atoms with Gasteiger partial charge >= 0.3 is 0 Å². The van der Waals surface area contributed by atoms with Crippen molar-refractivity contribution in [3.63, 3.8) is 0 Å². The van der Waals surface area contributed by atoms with E-state index in [-0.39, 0.29) is 24.0 Å².